The van der Waals surface area contributed by atoms with Crippen molar-refractivity contribution in [2.24, 2.45) is 5.10 Å². The molecule has 100 valence electrons. The second-order valence-corrected chi connectivity index (χ2v) is 7.60. The highest BCUT2D eigenvalue weighted by Crippen LogP contribution is 2.21. The summed E-state index contributed by atoms with van der Waals surface area (Å²) >= 11 is 7.72. The van der Waals surface area contributed by atoms with Crippen molar-refractivity contribution in [2.75, 3.05) is 5.75 Å². The SMILES string of the molecule is Cc1nnc(SCC(=O)N/N=C\c2cc(Br)cs2)s1. The first-order valence-corrected chi connectivity index (χ1v) is 8.60. The number of aryl methyl sites for hydroxylation is 1. The Labute approximate surface area is 130 Å². The lowest BCUT2D eigenvalue weighted by Crippen LogP contribution is -2.19. The number of amides is 1. The first-order chi connectivity index (χ1) is 9.13. The van der Waals surface area contributed by atoms with E-state index < -0.39 is 0 Å². The van der Waals surface area contributed by atoms with Crippen LogP contribution in [0.2, 0.25) is 0 Å². The summed E-state index contributed by atoms with van der Waals surface area (Å²) in [5, 5.41) is 14.5. The van der Waals surface area contributed by atoms with Crippen LogP contribution < -0.4 is 5.43 Å². The van der Waals surface area contributed by atoms with E-state index in [1.54, 1.807) is 17.6 Å². The van der Waals surface area contributed by atoms with Gasteiger partial charge in [0.2, 0.25) is 0 Å². The van der Waals surface area contributed by atoms with Crippen LogP contribution in [-0.2, 0) is 4.79 Å². The highest BCUT2D eigenvalue weighted by atomic mass is 79.9. The van der Waals surface area contributed by atoms with Gasteiger partial charge in [-0.05, 0) is 28.9 Å². The molecule has 5 nitrogen and oxygen atoms in total. The fourth-order valence-electron chi connectivity index (χ4n) is 1.06. The Morgan fingerprint density at radius 1 is 1.63 bits per heavy atom. The largest absolute Gasteiger partial charge is 0.272 e. The van der Waals surface area contributed by atoms with Crippen molar-refractivity contribution in [3.8, 4) is 0 Å². The van der Waals surface area contributed by atoms with Crippen molar-refractivity contribution < 1.29 is 4.79 Å². The topological polar surface area (TPSA) is 67.2 Å². The molecule has 0 saturated carbocycles. The van der Waals surface area contributed by atoms with Crippen LogP contribution in [0.15, 0.2) is 25.4 Å². The average molecular weight is 377 g/mol. The molecule has 2 aromatic rings. The minimum absolute atomic E-state index is 0.162. The Morgan fingerprint density at radius 2 is 2.47 bits per heavy atom. The normalized spacial score (nSPS) is 11.1. The van der Waals surface area contributed by atoms with Crippen molar-refractivity contribution in [1.29, 1.82) is 0 Å². The summed E-state index contributed by atoms with van der Waals surface area (Å²) in [5.41, 5.74) is 2.47. The average Bonchev–Trinajstić information content (AvgIpc) is 2.96. The molecule has 0 fully saturated rings. The summed E-state index contributed by atoms with van der Waals surface area (Å²) in [6.45, 7) is 1.88. The fraction of sp³-hybridized carbons (Fsp3) is 0.200. The molecule has 1 N–H and O–H groups in total. The molecule has 0 bridgehead atoms. The molecule has 2 aromatic heterocycles. The van der Waals surface area contributed by atoms with E-state index in [-0.39, 0.29) is 11.7 Å². The van der Waals surface area contributed by atoms with Gasteiger partial charge in [0, 0.05) is 14.7 Å². The number of carbonyl (C=O) groups is 1. The maximum absolute atomic E-state index is 11.5. The Balaban J connectivity index is 1.74. The molecule has 9 heteroatoms. The van der Waals surface area contributed by atoms with Gasteiger partial charge in [-0.3, -0.25) is 4.79 Å². The first-order valence-electron chi connectivity index (χ1n) is 5.12. The number of carbonyl (C=O) groups excluding carboxylic acids is 1. The van der Waals surface area contributed by atoms with E-state index in [4.69, 9.17) is 0 Å². The van der Waals surface area contributed by atoms with E-state index in [1.165, 1.54) is 23.1 Å². The van der Waals surface area contributed by atoms with E-state index in [1.807, 2.05) is 18.4 Å². The third kappa shape index (κ3) is 5.01. The van der Waals surface area contributed by atoms with E-state index in [0.29, 0.717) is 0 Å². The van der Waals surface area contributed by atoms with Crippen molar-refractivity contribution in [3.05, 3.63) is 25.8 Å². The molecule has 1 amide bonds. The molecular weight excluding hydrogens is 368 g/mol. The van der Waals surface area contributed by atoms with Crippen LogP contribution >= 0.6 is 50.4 Å². The van der Waals surface area contributed by atoms with Gasteiger partial charge >= 0.3 is 0 Å². The number of hydrogen-bond acceptors (Lipinski definition) is 7. The van der Waals surface area contributed by atoms with Crippen LogP contribution in [0.4, 0.5) is 0 Å². The van der Waals surface area contributed by atoms with Gasteiger partial charge in [0.1, 0.15) is 5.01 Å². The highest BCUT2D eigenvalue weighted by molar-refractivity contribution is 9.10. The number of rotatable bonds is 5. The van der Waals surface area contributed by atoms with Crippen LogP contribution in [0, 0.1) is 6.92 Å². The standard InChI is InChI=1S/C10H9BrN4OS3/c1-6-13-15-10(19-6)18-5-9(16)14-12-3-8-2-7(11)4-17-8/h2-4H,5H2,1H3,(H,14,16)/b12-3-. The Morgan fingerprint density at radius 3 is 3.11 bits per heavy atom. The van der Waals surface area contributed by atoms with Crippen molar-refractivity contribution in [2.45, 2.75) is 11.3 Å². The predicted octanol–water partition coefficient (Wildman–Crippen LogP) is 2.91. The smallest absolute Gasteiger partial charge is 0.250 e. The molecule has 19 heavy (non-hydrogen) atoms. The molecule has 0 atom stereocenters. The van der Waals surface area contributed by atoms with Gasteiger partial charge in [0.05, 0.1) is 12.0 Å². The van der Waals surface area contributed by atoms with Gasteiger partial charge in [-0.2, -0.15) is 5.10 Å². The van der Waals surface area contributed by atoms with Crippen molar-refractivity contribution in [3.63, 3.8) is 0 Å². The van der Waals surface area contributed by atoms with E-state index in [9.17, 15) is 4.79 Å². The van der Waals surface area contributed by atoms with Gasteiger partial charge in [0.15, 0.2) is 4.34 Å². The zero-order valence-electron chi connectivity index (χ0n) is 9.79. The maximum atomic E-state index is 11.5. The van der Waals surface area contributed by atoms with E-state index in [0.717, 1.165) is 18.7 Å². The number of hydrazone groups is 1. The quantitative estimate of drug-likeness (QED) is 0.494. The highest BCUT2D eigenvalue weighted by Gasteiger charge is 2.05. The summed E-state index contributed by atoms with van der Waals surface area (Å²) in [7, 11) is 0. The number of nitrogens with one attached hydrogen (secondary N) is 1. The molecule has 0 aliphatic carbocycles. The summed E-state index contributed by atoms with van der Waals surface area (Å²) < 4.78 is 1.80. The molecule has 0 unspecified atom stereocenters. The van der Waals surface area contributed by atoms with Crippen molar-refractivity contribution in [1.82, 2.24) is 15.6 Å². The Hall–Kier alpha value is -0.770. The number of nitrogens with zero attached hydrogens (tertiary/aromatic N) is 3. The number of hydrogen-bond donors (Lipinski definition) is 1. The van der Waals surface area contributed by atoms with Gasteiger partial charge in [-0.15, -0.1) is 21.5 Å². The molecule has 0 aliphatic rings. The van der Waals surface area contributed by atoms with Crippen LogP contribution in [-0.4, -0.2) is 28.1 Å². The third-order valence-electron chi connectivity index (χ3n) is 1.80. The lowest BCUT2D eigenvalue weighted by Gasteiger charge is -1.96. The van der Waals surface area contributed by atoms with Crippen molar-refractivity contribution >= 4 is 62.5 Å². The van der Waals surface area contributed by atoms with Crippen LogP contribution in [0.1, 0.15) is 9.88 Å². The number of aromatic nitrogens is 2. The van der Waals surface area contributed by atoms with E-state index >= 15 is 0 Å². The predicted molar refractivity (Wildman–Crippen MR) is 83.1 cm³/mol. The second-order valence-electron chi connectivity index (χ2n) is 3.34. The van der Waals surface area contributed by atoms with Crippen LogP contribution in [0.5, 0.6) is 0 Å². The summed E-state index contributed by atoms with van der Waals surface area (Å²) in [4.78, 5) is 12.5. The number of thioether (sulfide) groups is 1. The first kappa shape index (κ1) is 14.6. The Bertz CT molecular complexity index is 595. The fourth-order valence-corrected chi connectivity index (χ4v) is 3.97. The number of halogens is 1. The zero-order valence-corrected chi connectivity index (χ0v) is 13.8. The monoisotopic (exact) mass is 376 g/mol. The molecular formula is C10H9BrN4OS3. The maximum Gasteiger partial charge on any atom is 0.250 e. The molecule has 0 saturated heterocycles. The minimum atomic E-state index is -0.162. The molecule has 0 aromatic carbocycles. The zero-order chi connectivity index (χ0) is 13.7. The van der Waals surface area contributed by atoms with E-state index in [2.05, 4.69) is 36.7 Å². The molecule has 0 radical (unpaired) electrons. The second kappa shape index (κ2) is 7.13. The van der Waals surface area contributed by atoms with Crippen LogP contribution in [0.3, 0.4) is 0 Å². The van der Waals surface area contributed by atoms with Gasteiger partial charge < -0.3 is 0 Å². The lowest BCUT2D eigenvalue weighted by atomic mass is 10.5. The summed E-state index contributed by atoms with van der Waals surface area (Å²) in [6.07, 6.45) is 1.62. The third-order valence-corrected chi connectivity index (χ3v) is 5.40. The lowest BCUT2D eigenvalue weighted by molar-refractivity contribution is -0.118. The van der Waals surface area contributed by atoms with Gasteiger partial charge in [0.25, 0.3) is 5.91 Å². The van der Waals surface area contributed by atoms with Gasteiger partial charge in [-0.25, -0.2) is 5.43 Å². The van der Waals surface area contributed by atoms with Crippen LogP contribution in [0.25, 0.3) is 0 Å². The minimum Gasteiger partial charge on any atom is -0.272 e. The molecule has 2 rings (SSSR count). The Kier molecular flexibility index (Phi) is 5.49. The summed E-state index contributed by atoms with van der Waals surface area (Å²) in [6, 6.07) is 1.93. The molecule has 0 spiro atoms. The molecule has 2 heterocycles. The summed E-state index contributed by atoms with van der Waals surface area (Å²) in [5.74, 6) is 0.116. The van der Waals surface area contributed by atoms with Gasteiger partial charge in [-0.1, -0.05) is 23.1 Å². The number of thiophene rings is 1. The molecule has 0 aliphatic heterocycles.